The summed E-state index contributed by atoms with van der Waals surface area (Å²) in [5.41, 5.74) is 5.22. The number of fused-ring (bicyclic) bond motifs is 1. The molecular weight excluding hydrogens is 258 g/mol. The molecule has 0 aliphatic carbocycles. The standard InChI is InChI=1S/C15H15NO4/c1-9(14(16)17)8-20-13-7-11-5-3-2-4-10(11)6-12(13)15(18)19/h2-7,9H,8H2,1H3,(H2,16,17)(H,18,19). The number of ether oxygens (including phenoxy) is 1. The molecule has 1 unspecified atom stereocenters. The van der Waals surface area contributed by atoms with Gasteiger partial charge in [0.25, 0.3) is 0 Å². The lowest BCUT2D eigenvalue weighted by Crippen LogP contribution is -2.26. The number of aromatic carboxylic acids is 1. The highest BCUT2D eigenvalue weighted by molar-refractivity contribution is 5.97. The van der Waals surface area contributed by atoms with Crippen molar-refractivity contribution in [3.63, 3.8) is 0 Å². The molecule has 2 rings (SSSR count). The first-order valence-electron chi connectivity index (χ1n) is 6.17. The molecule has 0 radical (unpaired) electrons. The highest BCUT2D eigenvalue weighted by Gasteiger charge is 2.15. The van der Waals surface area contributed by atoms with Crippen molar-refractivity contribution >= 4 is 22.6 Å². The molecule has 0 saturated carbocycles. The van der Waals surface area contributed by atoms with Gasteiger partial charge in [0.15, 0.2) is 0 Å². The molecule has 1 amide bonds. The molecule has 5 heteroatoms. The summed E-state index contributed by atoms with van der Waals surface area (Å²) in [7, 11) is 0. The third-order valence-electron chi connectivity index (χ3n) is 3.05. The van der Waals surface area contributed by atoms with Gasteiger partial charge in [-0.25, -0.2) is 4.79 Å². The fraction of sp³-hybridized carbons (Fsp3) is 0.200. The summed E-state index contributed by atoms with van der Waals surface area (Å²) in [4.78, 5) is 22.2. The second-order valence-corrected chi connectivity index (χ2v) is 4.62. The van der Waals surface area contributed by atoms with Gasteiger partial charge in [0.05, 0.1) is 12.5 Å². The van der Waals surface area contributed by atoms with Crippen LogP contribution >= 0.6 is 0 Å². The van der Waals surface area contributed by atoms with Crippen LogP contribution in [0.25, 0.3) is 10.8 Å². The van der Waals surface area contributed by atoms with Crippen molar-refractivity contribution in [1.82, 2.24) is 0 Å². The molecule has 0 saturated heterocycles. The zero-order chi connectivity index (χ0) is 14.7. The number of hydrogen-bond acceptors (Lipinski definition) is 3. The predicted octanol–water partition coefficient (Wildman–Crippen LogP) is 2.04. The van der Waals surface area contributed by atoms with Gasteiger partial charge in [0.2, 0.25) is 5.91 Å². The zero-order valence-corrected chi connectivity index (χ0v) is 11.0. The van der Waals surface area contributed by atoms with Gasteiger partial charge in [-0.15, -0.1) is 0 Å². The largest absolute Gasteiger partial charge is 0.492 e. The summed E-state index contributed by atoms with van der Waals surface area (Å²) in [6.07, 6.45) is 0. The van der Waals surface area contributed by atoms with Crippen LogP contribution in [0.1, 0.15) is 17.3 Å². The minimum absolute atomic E-state index is 0.0496. The number of carbonyl (C=O) groups excluding carboxylic acids is 1. The molecule has 0 aliphatic heterocycles. The fourth-order valence-electron chi connectivity index (χ4n) is 1.80. The van der Waals surface area contributed by atoms with Crippen LogP contribution in [-0.2, 0) is 4.79 Å². The first kappa shape index (κ1) is 13.9. The molecule has 0 aliphatic rings. The van der Waals surface area contributed by atoms with E-state index >= 15 is 0 Å². The van der Waals surface area contributed by atoms with Crippen molar-refractivity contribution in [2.24, 2.45) is 11.7 Å². The average molecular weight is 273 g/mol. The molecule has 104 valence electrons. The SMILES string of the molecule is CC(COc1cc2ccccc2cc1C(=O)O)C(N)=O. The van der Waals surface area contributed by atoms with Crippen LogP contribution in [0.15, 0.2) is 36.4 Å². The molecular formula is C15H15NO4. The molecule has 2 aromatic rings. The number of benzene rings is 2. The van der Waals surface area contributed by atoms with Crippen molar-refractivity contribution in [2.45, 2.75) is 6.92 Å². The van der Waals surface area contributed by atoms with Gasteiger partial charge >= 0.3 is 5.97 Å². The number of nitrogens with two attached hydrogens (primary N) is 1. The summed E-state index contributed by atoms with van der Waals surface area (Å²) in [6, 6.07) is 10.6. The lowest BCUT2D eigenvalue weighted by atomic mass is 10.1. The summed E-state index contributed by atoms with van der Waals surface area (Å²) >= 11 is 0. The van der Waals surface area contributed by atoms with Crippen molar-refractivity contribution < 1.29 is 19.4 Å². The first-order valence-corrected chi connectivity index (χ1v) is 6.17. The van der Waals surface area contributed by atoms with E-state index < -0.39 is 17.8 Å². The lowest BCUT2D eigenvalue weighted by molar-refractivity contribution is -0.122. The second kappa shape index (κ2) is 5.61. The predicted molar refractivity (Wildman–Crippen MR) is 74.8 cm³/mol. The Kier molecular flexibility index (Phi) is 3.89. The Morgan fingerprint density at radius 3 is 2.40 bits per heavy atom. The van der Waals surface area contributed by atoms with Crippen LogP contribution in [0.4, 0.5) is 0 Å². The monoisotopic (exact) mass is 273 g/mol. The zero-order valence-electron chi connectivity index (χ0n) is 11.0. The van der Waals surface area contributed by atoms with Gasteiger partial charge in [-0.1, -0.05) is 31.2 Å². The van der Waals surface area contributed by atoms with E-state index in [4.69, 9.17) is 10.5 Å². The van der Waals surface area contributed by atoms with Crippen LogP contribution in [0.2, 0.25) is 0 Å². The minimum atomic E-state index is -1.07. The van der Waals surface area contributed by atoms with E-state index in [1.54, 1.807) is 19.1 Å². The summed E-state index contributed by atoms with van der Waals surface area (Å²) in [5.74, 6) is -1.80. The maximum Gasteiger partial charge on any atom is 0.339 e. The van der Waals surface area contributed by atoms with E-state index in [0.29, 0.717) is 0 Å². The van der Waals surface area contributed by atoms with Crippen molar-refractivity contribution in [3.8, 4) is 5.75 Å². The van der Waals surface area contributed by atoms with E-state index in [1.165, 1.54) is 0 Å². The van der Waals surface area contributed by atoms with E-state index in [9.17, 15) is 14.7 Å². The van der Waals surface area contributed by atoms with Gasteiger partial charge in [0.1, 0.15) is 11.3 Å². The van der Waals surface area contributed by atoms with E-state index in [-0.39, 0.29) is 17.9 Å². The molecule has 20 heavy (non-hydrogen) atoms. The molecule has 5 nitrogen and oxygen atoms in total. The molecule has 0 fully saturated rings. The number of carbonyl (C=O) groups is 2. The number of hydrogen-bond donors (Lipinski definition) is 2. The molecule has 0 aromatic heterocycles. The highest BCUT2D eigenvalue weighted by atomic mass is 16.5. The molecule has 3 N–H and O–H groups in total. The summed E-state index contributed by atoms with van der Waals surface area (Å²) in [6.45, 7) is 1.68. The molecule has 2 aromatic carbocycles. The van der Waals surface area contributed by atoms with E-state index in [1.807, 2.05) is 24.3 Å². The van der Waals surface area contributed by atoms with E-state index in [0.717, 1.165) is 10.8 Å². The Labute approximate surface area is 116 Å². The molecule has 0 spiro atoms. The van der Waals surface area contributed by atoms with Crippen LogP contribution in [0.3, 0.4) is 0 Å². The van der Waals surface area contributed by atoms with Crippen LogP contribution in [0.5, 0.6) is 5.75 Å². The Bertz CT molecular complexity index is 666. The Morgan fingerprint density at radius 1 is 1.25 bits per heavy atom. The van der Waals surface area contributed by atoms with Gasteiger partial charge < -0.3 is 15.6 Å². The fourth-order valence-corrected chi connectivity index (χ4v) is 1.80. The summed E-state index contributed by atoms with van der Waals surface area (Å²) < 4.78 is 5.45. The van der Waals surface area contributed by atoms with Gasteiger partial charge in [0, 0.05) is 0 Å². The maximum atomic E-state index is 11.3. The molecule has 0 heterocycles. The molecule has 0 bridgehead atoms. The average Bonchev–Trinajstić information content (AvgIpc) is 2.43. The number of primary amides is 1. The Hall–Kier alpha value is -2.56. The van der Waals surface area contributed by atoms with Gasteiger partial charge in [-0.05, 0) is 22.9 Å². The Balaban J connectivity index is 2.37. The van der Waals surface area contributed by atoms with Crippen LogP contribution < -0.4 is 10.5 Å². The van der Waals surface area contributed by atoms with Crippen LogP contribution in [-0.4, -0.2) is 23.6 Å². The van der Waals surface area contributed by atoms with Crippen LogP contribution in [0, 0.1) is 5.92 Å². The Morgan fingerprint density at radius 2 is 1.85 bits per heavy atom. The minimum Gasteiger partial charge on any atom is -0.492 e. The topological polar surface area (TPSA) is 89.6 Å². The van der Waals surface area contributed by atoms with Gasteiger partial charge in [-0.3, -0.25) is 4.79 Å². The smallest absolute Gasteiger partial charge is 0.339 e. The first-order chi connectivity index (χ1) is 9.49. The maximum absolute atomic E-state index is 11.3. The highest BCUT2D eigenvalue weighted by Crippen LogP contribution is 2.26. The normalized spacial score (nSPS) is 12.1. The molecule has 1 atom stereocenters. The third-order valence-corrected chi connectivity index (χ3v) is 3.05. The van der Waals surface area contributed by atoms with Crippen molar-refractivity contribution in [1.29, 1.82) is 0 Å². The van der Waals surface area contributed by atoms with Crippen molar-refractivity contribution in [3.05, 3.63) is 42.0 Å². The lowest BCUT2D eigenvalue weighted by Gasteiger charge is -2.13. The number of amides is 1. The second-order valence-electron chi connectivity index (χ2n) is 4.62. The number of carboxylic acid groups (broad SMARTS) is 1. The van der Waals surface area contributed by atoms with E-state index in [2.05, 4.69) is 0 Å². The summed E-state index contributed by atoms with van der Waals surface area (Å²) in [5, 5.41) is 10.9. The number of carboxylic acids is 1. The van der Waals surface area contributed by atoms with Crippen molar-refractivity contribution in [2.75, 3.05) is 6.61 Å². The third kappa shape index (κ3) is 2.88. The van der Waals surface area contributed by atoms with Gasteiger partial charge in [-0.2, -0.15) is 0 Å². The number of rotatable bonds is 5. The quantitative estimate of drug-likeness (QED) is 0.872.